The van der Waals surface area contributed by atoms with Gasteiger partial charge >= 0.3 is 0 Å². The lowest BCUT2D eigenvalue weighted by Gasteiger charge is -2.10. The first-order valence-electron chi connectivity index (χ1n) is 6.80. The summed E-state index contributed by atoms with van der Waals surface area (Å²) in [6, 6.07) is 6.13. The summed E-state index contributed by atoms with van der Waals surface area (Å²) >= 11 is 0. The van der Waals surface area contributed by atoms with E-state index < -0.39 is 10.0 Å². The summed E-state index contributed by atoms with van der Waals surface area (Å²) < 4.78 is 26.9. The van der Waals surface area contributed by atoms with Crippen molar-refractivity contribution in [3.63, 3.8) is 0 Å². The molecule has 110 valence electrons. The van der Waals surface area contributed by atoms with E-state index in [1.54, 1.807) is 12.1 Å². The van der Waals surface area contributed by atoms with E-state index in [4.69, 9.17) is 0 Å². The van der Waals surface area contributed by atoms with Crippen LogP contribution in [0, 0.1) is 5.92 Å². The van der Waals surface area contributed by atoms with Crippen LogP contribution >= 0.6 is 0 Å². The topological polar surface area (TPSA) is 75.3 Å². The predicted octanol–water partition coefficient (Wildman–Crippen LogP) is 1.17. The Morgan fingerprint density at radius 2 is 2.25 bits per heavy atom. The number of benzene rings is 1. The van der Waals surface area contributed by atoms with Crippen molar-refractivity contribution in [2.75, 3.05) is 19.6 Å². The third-order valence-corrected chi connectivity index (χ3v) is 5.02. The molecule has 1 aromatic carbocycles. The van der Waals surface area contributed by atoms with Gasteiger partial charge in [-0.1, -0.05) is 12.1 Å². The van der Waals surface area contributed by atoms with Gasteiger partial charge in [-0.25, -0.2) is 13.1 Å². The molecule has 0 saturated carbocycles. The number of hydrogen-bond acceptors (Lipinski definition) is 4. The molecule has 2 rings (SSSR count). The average Bonchev–Trinajstić information content (AvgIpc) is 2.92. The predicted molar refractivity (Wildman–Crippen MR) is 77.2 cm³/mol. The van der Waals surface area contributed by atoms with Crippen molar-refractivity contribution in [1.29, 1.82) is 0 Å². The third kappa shape index (κ3) is 3.88. The number of hydrogen-bond donors (Lipinski definition) is 2. The minimum absolute atomic E-state index is 0.140. The van der Waals surface area contributed by atoms with Crippen LogP contribution in [0.3, 0.4) is 0 Å². The Balaban J connectivity index is 1.98. The highest BCUT2D eigenvalue weighted by Crippen LogP contribution is 2.14. The summed E-state index contributed by atoms with van der Waals surface area (Å²) in [5.74, 6) is 0.403. The van der Waals surface area contributed by atoms with E-state index in [1.165, 1.54) is 19.1 Å². The maximum atomic E-state index is 12.1. The summed E-state index contributed by atoms with van der Waals surface area (Å²) in [6.07, 6.45) is 1.93. The van der Waals surface area contributed by atoms with Crippen molar-refractivity contribution in [3.05, 3.63) is 29.8 Å². The monoisotopic (exact) mass is 296 g/mol. The van der Waals surface area contributed by atoms with Crippen molar-refractivity contribution in [2.24, 2.45) is 5.92 Å². The highest BCUT2D eigenvalue weighted by Gasteiger charge is 2.18. The molecule has 1 heterocycles. The Morgan fingerprint density at radius 3 is 2.90 bits per heavy atom. The zero-order valence-corrected chi connectivity index (χ0v) is 12.4. The maximum Gasteiger partial charge on any atom is 0.240 e. The van der Waals surface area contributed by atoms with Crippen LogP contribution in [0.4, 0.5) is 0 Å². The molecular weight excluding hydrogens is 276 g/mol. The lowest BCUT2D eigenvalue weighted by atomic mass is 10.1. The van der Waals surface area contributed by atoms with E-state index in [9.17, 15) is 13.2 Å². The molecule has 5 nitrogen and oxygen atoms in total. The average molecular weight is 296 g/mol. The second-order valence-electron chi connectivity index (χ2n) is 5.13. The van der Waals surface area contributed by atoms with Gasteiger partial charge in [0.1, 0.15) is 0 Å². The maximum absolute atomic E-state index is 12.1. The first kappa shape index (κ1) is 15.2. The van der Waals surface area contributed by atoms with Crippen molar-refractivity contribution in [3.8, 4) is 0 Å². The molecule has 0 spiro atoms. The normalized spacial score (nSPS) is 19.1. The second kappa shape index (κ2) is 6.47. The molecule has 1 fully saturated rings. The van der Waals surface area contributed by atoms with Gasteiger partial charge in [0.05, 0.1) is 4.90 Å². The van der Waals surface area contributed by atoms with E-state index in [2.05, 4.69) is 10.0 Å². The van der Waals surface area contributed by atoms with Crippen LogP contribution in [-0.2, 0) is 10.0 Å². The smallest absolute Gasteiger partial charge is 0.240 e. The quantitative estimate of drug-likeness (QED) is 0.773. The minimum atomic E-state index is -3.53. The van der Waals surface area contributed by atoms with Gasteiger partial charge in [0.2, 0.25) is 10.0 Å². The molecule has 1 unspecified atom stereocenters. The summed E-state index contributed by atoms with van der Waals surface area (Å²) in [6.45, 7) is 3.82. The molecule has 20 heavy (non-hydrogen) atoms. The fourth-order valence-electron chi connectivity index (χ4n) is 2.32. The van der Waals surface area contributed by atoms with Gasteiger partial charge in [0, 0.05) is 12.1 Å². The Kier molecular flexibility index (Phi) is 4.91. The van der Waals surface area contributed by atoms with E-state index >= 15 is 0 Å². The number of ketones is 1. The number of Topliss-reactive ketones (excluding diaryl/α,β-unsaturated/α-hetero) is 1. The van der Waals surface area contributed by atoms with E-state index in [0.29, 0.717) is 18.0 Å². The van der Waals surface area contributed by atoms with Crippen LogP contribution in [0.5, 0.6) is 0 Å². The summed E-state index contributed by atoms with van der Waals surface area (Å²) in [5.41, 5.74) is 0.410. The molecule has 1 atom stereocenters. The van der Waals surface area contributed by atoms with E-state index in [1.807, 2.05) is 0 Å². The van der Waals surface area contributed by atoms with Gasteiger partial charge in [0.15, 0.2) is 5.78 Å². The van der Waals surface area contributed by atoms with Crippen molar-refractivity contribution in [2.45, 2.75) is 24.7 Å². The zero-order chi connectivity index (χ0) is 14.6. The third-order valence-electron chi connectivity index (χ3n) is 3.56. The number of rotatable bonds is 6. The number of carbonyl (C=O) groups is 1. The highest BCUT2D eigenvalue weighted by molar-refractivity contribution is 7.89. The molecule has 0 aliphatic carbocycles. The zero-order valence-electron chi connectivity index (χ0n) is 11.6. The van der Waals surface area contributed by atoms with Crippen LogP contribution in [-0.4, -0.2) is 33.8 Å². The van der Waals surface area contributed by atoms with Crippen LogP contribution in [0.2, 0.25) is 0 Å². The van der Waals surface area contributed by atoms with Crippen molar-refractivity contribution < 1.29 is 13.2 Å². The molecular formula is C14H20N2O3S. The Bertz CT molecular complexity index is 578. The Morgan fingerprint density at radius 1 is 1.45 bits per heavy atom. The van der Waals surface area contributed by atoms with E-state index in [-0.39, 0.29) is 10.7 Å². The standard InChI is InChI=1S/C14H20N2O3S/c1-11(17)13-3-2-4-14(9-13)20(18,19)16-8-6-12-5-7-15-10-12/h2-4,9,12,15-16H,5-8,10H2,1H3. The molecule has 0 amide bonds. The molecule has 0 aromatic heterocycles. The van der Waals surface area contributed by atoms with Crippen molar-refractivity contribution in [1.82, 2.24) is 10.0 Å². The first-order chi connectivity index (χ1) is 9.49. The van der Waals surface area contributed by atoms with Gasteiger partial charge in [0.25, 0.3) is 0 Å². The molecule has 2 N–H and O–H groups in total. The lowest BCUT2D eigenvalue weighted by molar-refractivity contribution is 0.101. The van der Waals surface area contributed by atoms with E-state index in [0.717, 1.165) is 25.9 Å². The fraction of sp³-hybridized carbons (Fsp3) is 0.500. The largest absolute Gasteiger partial charge is 0.316 e. The van der Waals surface area contributed by atoms with Crippen LogP contribution in [0.25, 0.3) is 0 Å². The summed E-state index contributed by atoms with van der Waals surface area (Å²) in [4.78, 5) is 11.4. The first-order valence-corrected chi connectivity index (χ1v) is 8.29. The molecule has 1 aliphatic heterocycles. The van der Waals surface area contributed by atoms with Crippen molar-refractivity contribution >= 4 is 15.8 Å². The van der Waals surface area contributed by atoms with Crippen LogP contribution in [0.15, 0.2) is 29.2 Å². The fourth-order valence-corrected chi connectivity index (χ4v) is 3.42. The van der Waals surface area contributed by atoms with Gasteiger partial charge in [-0.2, -0.15) is 0 Å². The van der Waals surface area contributed by atoms with Gasteiger partial charge in [-0.15, -0.1) is 0 Å². The number of carbonyl (C=O) groups excluding carboxylic acids is 1. The Labute approximate surface area is 119 Å². The van der Waals surface area contributed by atoms with Gasteiger partial charge in [-0.3, -0.25) is 4.79 Å². The molecule has 1 aliphatic rings. The van der Waals surface area contributed by atoms with Gasteiger partial charge in [-0.05, 0) is 50.9 Å². The molecule has 1 saturated heterocycles. The highest BCUT2D eigenvalue weighted by atomic mass is 32.2. The SMILES string of the molecule is CC(=O)c1cccc(S(=O)(=O)NCCC2CCNC2)c1. The number of sulfonamides is 1. The Hall–Kier alpha value is -1.24. The molecule has 6 heteroatoms. The second-order valence-corrected chi connectivity index (χ2v) is 6.90. The number of nitrogens with one attached hydrogen (secondary N) is 2. The summed E-state index contributed by atoms with van der Waals surface area (Å²) in [7, 11) is -3.53. The molecule has 0 bridgehead atoms. The lowest BCUT2D eigenvalue weighted by Crippen LogP contribution is -2.26. The van der Waals surface area contributed by atoms with Crippen LogP contribution in [0.1, 0.15) is 30.1 Å². The minimum Gasteiger partial charge on any atom is -0.316 e. The summed E-state index contributed by atoms with van der Waals surface area (Å²) in [5, 5.41) is 3.26. The molecule has 0 radical (unpaired) electrons. The molecule has 1 aromatic rings. The van der Waals surface area contributed by atoms with Crippen LogP contribution < -0.4 is 10.0 Å². The van der Waals surface area contributed by atoms with Gasteiger partial charge < -0.3 is 5.32 Å².